The third kappa shape index (κ3) is 2.37. The molecule has 4 rings (SSSR count). The standard InChI is InChI=1S/C19H17N3OS/c1-13(19-21-10-12-24-19)22-11-9-20-18(22)16-7-8-17(23-2)15-6-4-3-5-14(15)16/h3-13H,1-2H3. The van der Waals surface area contributed by atoms with Crippen LogP contribution in [0.3, 0.4) is 0 Å². The molecule has 0 aliphatic rings. The number of fused-ring (bicyclic) bond motifs is 1. The highest BCUT2D eigenvalue weighted by Gasteiger charge is 2.17. The predicted molar refractivity (Wildman–Crippen MR) is 97.6 cm³/mol. The van der Waals surface area contributed by atoms with Crippen LogP contribution in [0, 0.1) is 0 Å². The zero-order valence-corrected chi connectivity index (χ0v) is 14.3. The lowest BCUT2D eigenvalue weighted by Gasteiger charge is -2.16. The topological polar surface area (TPSA) is 39.9 Å². The molecule has 0 radical (unpaired) electrons. The lowest BCUT2D eigenvalue weighted by Crippen LogP contribution is -2.07. The molecule has 2 aromatic heterocycles. The van der Waals surface area contributed by atoms with Gasteiger partial charge < -0.3 is 9.30 Å². The summed E-state index contributed by atoms with van der Waals surface area (Å²) >= 11 is 1.66. The first-order chi connectivity index (χ1) is 11.8. The summed E-state index contributed by atoms with van der Waals surface area (Å²) in [6.45, 7) is 2.15. The zero-order valence-electron chi connectivity index (χ0n) is 13.5. The van der Waals surface area contributed by atoms with E-state index >= 15 is 0 Å². The molecule has 4 aromatic rings. The molecule has 0 spiro atoms. The Bertz CT molecular complexity index is 975. The SMILES string of the molecule is COc1ccc(-c2nccn2C(C)c2nccs2)c2ccccc12. The smallest absolute Gasteiger partial charge is 0.141 e. The number of thiazole rings is 1. The van der Waals surface area contributed by atoms with Gasteiger partial charge in [0.15, 0.2) is 0 Å². The number of hydrogen-bond acceptors (Lipinski definition) is 4. The summed E-state index contributed by atoms with van der Waals surface area (Å²) in [5, 5.41) is 5.31. The maximum absolute atomic E-state index is 5.50. The summed E-state index contributed by atoms with van der Waals surface area (Å²) in [6, 6.07) is 12.5. The first-order valence-corrected chi connectivity index (χ1v) is 8.66. The summed E-state index contributed by atoms with van der Waals surface area (Å²) in [6.07, 6.45) is 5.70. The summed E-state index contributed by atoms with van der Waals surface area (Å²) in [5.41, 5.74) is 1.10. The minimum absolute atomic E-state index is 0.142. The molecule has 1 atom stereocenters. The average molecular weight is 335 g/mol. The molecule has 0 bridgehead atoms. The first kappa shape index (κ1) is 14.9. The Kier molecular flexibility index (Phi) is 3.78. The normalized spacial score (nSPS) is 12.4. The van der Waals surface area contributed by atoms with Crippen LogP contribution in [0.4, 0.5) is 0 Å². The van der Waals surface area contributed by atoms with Gasteiger partial charge in [-0.1, -0.05) is 24.3 Å². The molecule has 0 aliphatic carbocycles. The van der Waals surface area contributed by atoms with E-state index in [4.69, 9.17) is 4.74 Å². The molecule has 0 saturated heterocycles. The maximum Gasteiger partial charge on any atom is 0.141 e. The van der Waals surface area contributed by atoms with Crippen molar-refractivity contribution in [2.45, 2.75) is 13.0 Å². The molecular formula is C19H17N3OS. The van der Waals surface area contributed by atoms with E-state index in [0.717, 1.165) is 32.9 Å². The van der Waals surface area contributed by atoms with Crippen molar-refractivity contribution in [1.82, 2.24) is 14.5 Å². The van der Waals surface area contributed by atoms with E-state index in [0.29, 0.717) is 0 Å². The van der Waals surface area contributed by atoms with Crippen molar-refractivity contribution in [3.63, 3.8) is 0 Å². The van der Waals surface area contributed by atoms with Crippen LogP contribution < -0.4 is 4.74 Å². The van der Waals surface area contributed by atoms with Crippen molar-refractivity contribution < 1.29 is 4.74 Å². The number of ether oxygens (including phenoxy) is 1. The highest BCUT2D eigenvalue weighted by Crippen LogP contribution is 2.35. The van der Waals surface area contributed by atoms with Gasteiger partial charge in [-0.25, -0.2) is 9.97 Å². The van der Waals surface area contributed by atoms with Crippen molar-refractivity contribution >= 4 is 22.1 Å². The Morgan fingerprint density at radius 3 is 2.62 bits per heavy atom. The predicted octanol–water partition coefficient (Wildman–Crippen LogP) is 4.78. The third-order valence-electron chi connectivity index (χ3n) is 4.24. The summed E-state index contributed by atoms with van der Waals surface area (Å²) < 4.78 is 7.67. The Labute approximate surface area is 144 Å². The highest BCUT2D eigenvalue weighted by atomic mass is 32.1. The van der Waals surface area contributed by atoms with Crippen LogP contribution >= 0.6 is 11.3 Å². The number of hydrogen-bond donors (Lipinski definition) is 0. The van der Waals surface area contributed by atoms with Crippen LogP contribution in [0.2, 0.25) is 0 Å². The highest BCUT2D eigenvalue weighted by molar-refractivity contribution is 7.09. The lowest BCUT2D eigenvalue weighted by molar-refractivity contribution is 0.420. The van der Waals surface area contributed by atoms with E-state index in [1.165, 1.54) is 0 Å². The van der Waals surface area contributed by atoms with Crippen LogP contribution in [0.5, 0.6) is 5.75 Å². The van der Waals surface area contributed by atoms with Crippen LogP contribution in [-0.4, -0.2) is 21.6 Å². The number of benzene rings is 2. The second kappa shape index (κ2) is 6.09. The van der Waals surface area contributed by atoms with E-state index in [2.05, 4.69) is 39.7 Å². The Morgan fingerprint density at radius 1 is 1.04 bits per heavy atom. The molecule has 0 aliphatic heterocycles. The number of methoxy groups -OCH3 is 1. The van der Waals surface area contributed by atoms with E-state index < -0.39 is 0 Å². The van der Waals surface area contributed by atoms with Gasteiger partial charge >= 0.3 is 0 Å². The number of imidazole rings is 1. The van der Waals surface area contributed by atoms with E-state index in [1.54, 1.807) is 18.4 Å². The molecule has 4 nitrogen and oxygen atoms in total. The van der Waals surface area contributed by atoms with Gasteiger partial charge in [0.25, 0.3) is 0 Å². The van der Waals surface area contributed by atoms with Crippen molar-refractivity contribution in [2.24, 2.45) is 0 Å². The van der Waals surface area contributed by atoms with Crippen molar-refractivity contribution in [1.29, 1.82) is 0 Å². The molecule has 0 N–H and O–H groups in total. The van der Waals surface area contributed by atoms with Crippen molar-refractivity contribution in [3.05, 3.63) is 65.4 Å². The Morgan fingerprint density at radius 2 is 1.88 bits per heavy atom. The molecule has 5 heteroatoms. The van der Waals surface area contributed by atoms with Crippen LogP contribution in [-0.2, 0) is 0 Å². The molecule has 120 valence electrons. The molecule has 2 aromatic carbocycles. The van der Waals surface area contributed by atoms with Gasteiger partial charge in [0.05, 0.1) is 13.2 Å². The second-order valence-electron chi connectivity index (χ2n) is 5.57. The minimum Gasteiger partial charge on any atom is -0.496 e. The van der Waals surface area contributed by atoms with Gasteiger partial charge in [-0.2, -0.15) is 0 Å². The van der Waals surface area contributed by atoms with Crippen LogP contribution in [0.1, 0.15) is 18.0 Å². The zero-order chi connectivity index (χ0) is 16.5. The molecule has 0 fully saturated rings. The van der Waals surface area contributed by atoms with E-state index in [9.17, 15) is 0 Å². The summed E-state index contributed by atoms with van der Waals surface area (Å²) in [5.74, 6) is 1.82. The first-order valence-electron chi connectivity index (χ1n) is 7.78. The Hall–Kier alpha value is -2.66. The molecule has 0 amide bonds. The van der Waals surface area contributed by atoms with Gasteiger partial charge in [-0.05, 0) is 24.4 Å². The van der Waals surface area contributed by atoms with Crippen LogP contribution in [0.25, 0.3) is 22.2 Å². The molecule has 1 unspecified atom stereocenters. The average Bonchev–Trinajstić information content (AvgIpc) is 3.32. The fourth-order valence-corrected chi connectivity index (χ4v) is 3.73. The molecule has 24 heavy (non-hydrogen) atoms. The lowest BCUT2D eigenvalue weighted by atomic mass is 10.0. The fourth-order valence-electron chi connectivity index (χ4n) is 3.04. The number of rotatable bonds is 4. The molecule has 2 heterocycles. The van der Waals surface area contributed by atoms with Gasteiger partial charge in [-0.3, -0.25) is 0 Å². The van der Waals surface area contributed by atoms with Crippen LogP contribution in [0.15, 0.2) is 60.4 Å². The van der Waals surface area contributed by atoms with Gasteiger partial charge in [0, 0.05) is 34.9 Å². The number of aromatic nitrogens is 3. The largest absolute Gasteiger partial charge is 0.496 e. The second-order valence-corrected chi connectivity index (χ2v) is 6.49. The minimum atomic E-state index is 0.142. The third-order valence-corrected chi connectivity index (χ3v) is 5.19. The van der Waals surface area contributed by atoms with Gasteiger partial charge in [-0.15, -0.1) is 11.3 Å². The summed E-state index contributed by atoms with van der Waals surface area (Å²) in [7, 11) is 1.70. The number of nitrogens with zero attached hydrogens (tertiary/aromatic N) is 3. The Balaban J connectivity index is 1.90. The molecular weight excluding hydrogens is 318 g/mol. The fraction of sp³-hybridized carbons (Fsp3) is 0.158. The van der Waals surface area contributed by atoms with Gasteiger partial charge in [0.2, 0.25) is 0 Å². The summed E-state index contributed by atoms with van der Waals surface area (Å²) in [4.78, 5) is 9.07. The van der Waals surface area contributed by atoms with Crippen molar-refractivity contribution in [3.8, 4) is 17.1 Å². The van der Waals surface area contributed by atoms with E-state index in [-0.39, 0.29) is 6.04 Å². The molecule has 0 saturated carbocycles. The quantitative estimate of drug-likeness (QED) is 0.539. The van der Waals surface area contributed by atoms with E-state index in [1.807, 2.05) is 42.2 Å². The maximum atomic E-state index is 5.50. The van der Waals surface area contributed by atoms with Gasteiger partial charge in [0.1, 0.15) is 16.6 Å². The van der Waals surface area contributed by atoms with Crippen molar-refractivity contribution in [2.75, 3.05) is 7.11 Å². The monoisotopic (exact) mass is 335 g/mol.